The quantitative estimate of drug-likeness (QED) is 0.0118. The maximum Gasteiger partial charge on any atom is 0.298 e. The van der Waals surface area contributed by atoms with Crippen LogP contribution < -0.4 is 53.2 Å². The molecule has 0 aliphatic heterocycles. The van der Waals surface area contributed by atoms with E-state index in [0.29, 0.717) is 166 Å². The largest absolute Gasteiger partial charge is 0.349 e. The molecule has 6 aromatic heterocycles. The summed E-state index contributed by atoms with van der Waals surface area (Å²) in [6.07, 6.45) is 1.41. The second-order valence-electron chi connectivity index (χ2n) is 37.0. The van der Waals surface area contributed by atoms with Crippen LogP contribution in [-0.2, 0) is 59.2 Å². The van der Waals surface area contributed by atoms with E-state index in [0.717, 1.165) is 11.1 Å². The third-order valence-corrected chi connectivity index (χ3v) is 25.7. The zero-order chi connectivity index (χ0) is 111. The summed E-state index contributed by atoms with van der Waals surface area (Å²) in [5.41, 5.74) is 14.0. The summed E-state index contributed by atoms with van der Waals surface area (Å²) in [4.78, 5) is 194. The molecule has 3 atom stereocenters. The number of amides is 10. The predicted molar refractivity (Wildman–Crippen MR) is 555 cm³/mol. The standard InChI is InChI=1S/C25H26FN3O3.C22H24FN5O4.3C21H26FN3O3/c1-13-7-8-18(11-14(13)2)28-25(32)23(30)22-16(4)21(17(5)29(22)6)24(31)27-19-9-10-20(26)15(3)12-19;1-10-9-15(7-8-16(10)23)26-20(30)17-11(2)18(28(6)13(17)4)19(29)21(31)24-12(3)22-25-14(5)27-32-22;1-11(2)10-23-21(28)19(26)18-13(4)17(14(5)25(18)6)20(27)24-15-7-8-16(22)12(3)9-15;2*1-7-12(3)23-21(28)19(26)18-13(4)17(14(5)25(18)6)20(27)24-15-8-9-16(22)11(2)10-15/h7-12H,1-6H3,(H,27,31)(H,28,32);7-9,12H,1-6H3,(H,24,31)(H,26,30);7-9,11H,10H2,1-6H3,(H,23,28)(H,24,27);2*8-10,12H,7H2,1-6H3,(H,23,28)(H,24,27)/t;12-;;2*12-/m.0.10/s1. The van der Waals surface area contributed by atoms with Gasteiger partial charge in [-0.2, -0.15) is 4.98 Å². The third kappa shape index (κ3) is 27.4. The fourth-order valence-electron chi connectivity index (χ4n) is 16.3. The second kappa shape index (κ2) is 49.9. The number of hydrogen-bond donors (Lipinski definition) is 10. The summed E-state index contributed by atoms with van der Waals surface area (Å²) in [6.45, 7) is 43.5. The minimum atomic E-state index is -0.863. The number of anilines is 6. The molecule has 0 unspecified atom stereocenters. The Morgan fingerprint density at radius 3 is 0.757 bits per heavy atom. The van der Waals surface area contributed by atoms with Gasteiger partial charge < -0.3 is 80.5 Å². The Balaban J connectivity index is 0.000000226. The van der Waals surface area contributed by atoms with Crippen molar-refractivity contribution in [3.05, 3.63) is 302 Å². The Kier molecular flexibility index (Phi) is 39.4. The Labute approximate surface area is 855 Å². The molecule has 0 aliphatic rings. The number of benzene rings is 6. The Morgan fingerprint density at radius 1 is 0.297 bits per heavy atom. The van der Waals surface area contributed by atoms with Crippen molar-refractivity contribution in [3.8, 4) is 0 Å². The molecular formula is C110H128F5N17O16. The first-order valence-corrected chi connectivity index (χ1v) is 47.5. The van der Waals surface area contributed by atoms with Gasteiger partial charge in [0.05, 0.1) is 56.3 Å². The molecule has 0 saturated heterocycles. The lowest BCUT2D eigenvalue weighted by Crippen LogP contribution is -2.38. The Hall–Kier alpha value is -16.4. The third-order valence-electron chi connectivity index (χ3n) is 25.7. The van der Waals surface area contributed by atoms with E-state index in [4.69, 9.17) is 4.52 Å². The lowest BCUT2D eigenvalue weighted by atomic mass is 10.1. The van der Waals surface area contributed by atoms with Gasteiger partial charge in [-0.3, -0.25) is 71.9 Å². The summed E-state index contributed by atoms with van der Waals surface area (Å²) in [6, 6.07) is 25.9. The molecule has 0 aliphatic carbocycles. The number of aromatic nitrogens is 7. The summed E-state index contributed by atoms with van der Waals surface area (Å²) in [5.74, 6) is -10.5. The first-order chi connectivity index (χ1) is 69.2. The molecule has 10 N–H and O–H groups in total. The first kappa shape index (κ1) is 117. The van der Waals surface area contributed by atoms with E-state index in [1.54, 1.807) is 183 Å². The monoisotopic (exact) mass is 2040 g/mol. The zero-order valence-corrected chi connectivity index (χ0v) is 88.9. The van der Waals surface area contributed by atoms with Crippen LogP contribution in [0.15, 0.2) is 114 Å². The number of rotatable bonds is 29. The van der Waals surface area contributed by atoms with Gasteiger partial charge >= 0.3 is 0 Å². The number of nitrogens with one attached hydrogen (secondary N) is 10. The van der Waals surface area contributed by atoms with Gasteiger partial charge in [0.25, 0.3) is 88.0 Å². The maximum absolute atomic E-state index is 13.5. The van der Waals surface area contributed by atoms with E-state index in [1.165, 1.54) is 95.6 Å². The van der Waals surface area contributed by atoms with Crippen molar-refractivity contribution >= 4 is 122 Å². The van der Waals surface area contributed by atoms with Crippen LogP contribution in [0.3, 0.4) is 0 Å². The van der Waals surface area contributed by atoms with Gasteiger partial charge in [-0.15, -0.1) is 0 Å². The Morgan fingerprint density at radius 2 is 0.527 bits per heavy atom. The molecule has 0 spiro atoms. The van der Waals surface area contributed by atoms with Crippen LogP contribution in [0.5, 0.6) is 0 Å². The molecule has 12 aromatic rings. The molecule has 6 heterocycles. The normalized spacial score (nSPS) is 11.4. The van der Waals surface area contributed by atoms with Crippen molar-refractivity contribution in [3.63, 3.8) is 0 Å². The number of Topliss-reactive ketones (excluding diaryl/α,β-unsaturated/α-hetero) is 5. The van der Waals surface area contributed by atoms with Gasteiger partial charge in [0.15, 0.2) is 5.82 Å². The predicted octanol–water partition coefficient (Wildman–Crippen LogP) is 18.0. The van der Waals surface area contributed by atoms with Crippen molar-refractivity contribution in [1.82, 2.24) is 54.2 Å². The van der Waals surface area contributed by atoms with E-state index in [-0.39, 0.29) is 87.0 Å². The first-order valence-electron chi connectivity index (χ1n) is 47.5. The molecule has 0 fully saturated rings. The van der Waals surface area contributed by atoms with Gasteiger partial charge in [-0.1, -0.05) is 38.9 Å². The van der Waals surface area contributed by atoms with Crippen molar-refractivity contribution in [2.75, 3.05) is 38.4 Å². The summed E-state index contributed by atoms with van der Waals surface area (Å²) in [7, 11) is 8.17. The minimum Gasteiger partial charge on any atom is -0.349 e. The Bertz CT molecular complexity index is 7130. The van der Waals surface area contributed by atoms with Gasteiger partial charge in [-0.05, 0) is 334 Å². The number of aryl methyl sites for hydroxylation is 8. The number of carbonyl (C=O) groups excluding carboxylic acids is 15. The zero-order valence-electron chi connectivity index (χ0n) is 88.9. The smallest absolute Gasteiger partial charge is 0.298 e. The van der Waals surface area contributed by atoms with Gasteiger partial charge in [-0.25, -0.2) is 22.0 Å². The highest BCUT2D eigenvalue weighted by Gasteiger charge is 2.36. The summed E-state index contributed by atoms with van der Waals surface area (Å²) >= 11 is 0. The second-order valence-corrected chi connectivity index (χ2v) is 37.0. The van der Waals surface area contributed by atoms with Crippen molar-refractivity contribution in [2.45, 2.75) is 204 Å². The molecule has 38 heteroatoms. The molecule has 0 bridgehead atoms. The lowest BCUT2D eigenvalue weighted by Gasteiger charge is -2.11. The van der Waals surface area contributed by atoms with E-state index in [1.807, 2.05) is 61.5 Å². The number of nitrogens with zero attached hydrogens (tertiary/aromatic N) is 7. The molecule has 0 saturated carbocycles. The van der Waals surface area contributed by atoms with E-state index >= 15 is 0 Å². The number of ketones is 5. The maximum atomic E-state index is 13.5. The fourth-order valence-corrected chi connectivity index (χ4v) is 16.3. The molecule has 0 radical (unpaired) electrons. The van der Waals surface area contributed by atoms with E-state index < -0.39 is 94.0 Å². The average molecular weight is 2040 g/mol. The molecule has 33 nitrogen and oxygen atoms in total. The molecule has 6 aromatic carbocycles. The topological polar surface area (TPSA) is 440 Å². The number of carbonyl (C=O) groups is 15. The SMILES string of the molecule is CC[C@@H](C)NC(=O)C(=O)c1c(C)c(C(=O)Nc2ccc(F)c(C)c2)c(C)n1C.CC[C@H](C)NC(=O)C(=O)c1c(C)c(C(=O)Nc2ccc(F)c(C)c2)c(C)n1C.Cc1cc(NC(=O)c2c(C)c(C(=O)C(=O)NCC(C)C)n(C)c2C)ccc1F.Cc1ccc(NC(=O)C(=O)c2c(C)c(C(=O)Nc3ccc(F)c(C)c3)c(C)n2C)cc1C.Cc1noc([C@H](C)NC(=O)C(=O)c2c(C)c(C(=O)Nc3ccc(F)c(C)c3)c(C)n2C)n1. The highest BCUT2D eigenvalue weighted by Crippen LogP contribution is 2.32. The molecule has 12 rings (SSSR count). The number of hydrogen-bond acceptors (Lipinski definition) is 18. The van der Waals surface area contributed by atoms with Gasteiger partial charge in [0.2, 0.25) is 5.89 Å². The molecule has 148 heavy (non-hydrogen) atoms. The van der Waals surface area contributed by atoms with E-state index in [2.05, 4.69) is 63.3 Å². The van der Waals surface area contributed by atoms with Crippen LogP contribution in [0.25, 0.3) is 0 Å². The van der Waals surface area contributed by atoms with E-state index in [9.17, 15) is 93.9 Å². The van der Waals surface area contributed by atoms with Gasteiger partial charge in [0, 0.05) is 116 Å². The van der Waals surface area contributed by atoms with Crippen LogP contribution in [0, 0.1) is 160 Å². The fraction of sp³-hybridized carbons (Fsp3) is 0.336. The van der Waals surface area contributed by atoms with Crippen molar-refractivity contribution in [1.29, 1.82) is 0 Å². The molecular weight excluding hydrogens is 1910 g/mol. The van der Waals surface area contributed by atoms with Crippen molar-refractivity contribution < 1.29 is 98.4 Å². The number of halogens is 5. The van der Waals surface area contributed by atoms with Crippen LogP contribution in [-0.4, -0.2) is 140 Å². The van der Waals surface area contributed by atoms with Crippen LogP contribution >= 0.6 is 0 Å². The van der Waals surface area contributed by atoms with Crippen LogP contribution in [0.2, 0.25) is 0 Å². The summed E-state index contributed by atoms with van der Waals surface area (Å²) in [5, 5.41) is 30.4. The van der Waals surface area contributed by atoms with Crippen LogP contribution in [0.1, 0.15) is 279 Å². The highest BCUT2D eigenvalue weighted by molar-refractivity contribution is 6.47. The molecule has 784 valence electrons. The lowest BCUT2D eigenvalue weighted by molar-refractivity contribution is -0.118. The molecule has 10 amide bonds. The average Bonchev–Trinajstić information content (AvgIpc) is 1.64. The minimum absolute atomic E-state index is 0.0920. The van der Waals surface area contributed by atoms with Crippen LogP contribution in [0.4, 0.5) is 56.1 Å². The summed E-state index contributed by atoms with van der Waals surface area (Å²) < 4.78 is 80.0. The van der Waals surface area contributed by atoms with Gasteiger partial charge in [0.1, 0.15) is 35.1 Å². The van der Waals surface area contributed by atoms with Crippen molar-refractivity contribution in [2.24, 2.45) is 41.2 Å². The highest BCUT2D eigenvalue weighted by atomic mass is 19.1.